The van der Waals surface area contributed by atoms with Crippen LogP contribution in [0, 0.1) is 5.41 Å². The number of ether oxygens (including phenoxy) is 1. The summed E-state index contributed by atoms with van der Waals surface area (Å²) in [7, 11) is 0. The van der Waals surface area contributed by atoms with Gasteiger partial charge in [0.2, 0.25) is 0 Å². The molecule has 0 saturated heterocycles. The van der Waals surface area contributed by atoms with Crippen molar-refractivity contribution in [2.45, 2.75) is 33.1 Å². The van der Waals surface area contributed by atoms with Crippen molar-refractivity contribution in [1.29, 1.82) is 0 Å². The molecule has 1 aliphatic rings. The van der Waals surface area contributed by atoms with Crippen LogP contribution in [0.3, 0.4) is 0 Å². The lowest BCUT2D eigenvalue weighted by atomic mass is 9.90. The Balaban J connectivity index is 1.74. The van der Waals surface area contributed by atoms with Crippen molar-refractivity contribution < 1.29 is 4.74 Å². The lowest BCUT2D eigenvalue weighted by molar-refractivity contribution is 0.331. The maximum absolute atomic E-state index is 5.81. The van der Waals surface area contributed by atoms with E-state index in [9.17, 15) is 0 Å². The molecule has 2 rings (SSSR count). The molecule has 0 unspecified atom stereocenters. The molecule has 106 valence electrons. The molecule has 1 N–H and O–H groups in total. The number of hydrogen-bond acceptors (Lipinski definition) is 2. The molecular formula is C16H24ClNO. The van der Waals surface area contributed by atoms with Crippen LogP contribution in [0.15, 0.2) is 18.2 Å². The van der Waals surface area contributed by atoms with Gasteiger partial charge < -0.3 is 10.1 Å². The number of nitrogens with one attached hydrogen (secondary N) is 1. The highest BCUT2D eigenvalue weighted by Gasteiger charge is 2.16. The molecule has 1 heterocycles. The second-order valence-corrected chi connectivity index (χ2v) is 6.45. The van der Waals surface area contributed by atoms with Crippen LogP contribution >= 0.6 is 11.6 Å². The summed E-state index contributed by atoms with van der Waals surface area (Å²) in [5.74, 6) is 1.81. The second-order valence-electron chi connectivity index (χ2n) is 6.07. The lowest BCUT2D eigenvalue weighted by Gasteiger charge is -2.23. The highest BCUT2D eigenvalue weighted by atomic mass is 35.5. The predicted octanol–water partition coefficient (Wildman–Crippen LogP) is 3.41. The Morgan fingerprint density at radius 3 is 3.00 bits per heavy atom. The van der Waals surface area contributed by atoms with E-state index in [0.29, 0.717) is 0 Å². The standard InChI is InChI=1S/C16H24ClNO/c1-16(2,7-8-17)12-18-9-5-13-3-4-15-14(11-13)6-10-19-15/h3-4,11,18H,5-10,12H2,1-2H3. The summed E-state index contributed by atoms with van der Waals surface area (Å²) in [5, 5.41) is 3.54. The largest absolute Gasteiger partial charge is 0.493 e. The number of alkyl halides is 1. The van der Waals surface area contributed by atoms with Crippen molar-refractivity contribution in [1.82, 2.24) is 5.32 Å². The van der Waals surface area contributed by atoms with E-state index >= 15 is 0 Å². The molecule has 0 radical (unpaired) electrons. The minimum Gasteiger partial charge on any atom is -0.493 e. The van der Waals surface area contributed by atoms with Gasteiger partial charge in [0.25, 0.3) is 0 Å². The minimum atomic E-state index is 0.285. The van der Waals surface area contributed by atoms with Crippen molar-refractivity contribution in [3.05, 3.63) is 29.3 Å². The second kappa shape index (κ2) is 6.62. The third kappa shape index (κ3) is 4.39. The first kappa shape index (κ1) is 14.7. The number of benzene rings is 1. The Morgan fingerprint density at radius 2 is 2.21 bits per heavy atom. The van der Waals surface area contributed by atoms with Crippen LogP contribution in [-0.4, -0.2) is 25.6 Å². The molecule has 2 nitrogen and oxygen atoms in total. The zero-order valence-corrected chi connectivity index (χ0v) is 12.7. The van der Waals surface area contributed by atoms with Gasteiger partial charge in [-0.1, -0.05) is 26.0 Å². The first-order valence-electron chi connectivity index (χ1n) is 7.12. The summed E-state index contributed by atoms with van der Waals surface area (Å²) in [6, 6.07) is 6.57. The average Bonchev–Trinajstić information content (AvgIpc) is 2.82. The van der Waals surface area contributed by atoms with Gasteiger partial charge in [0.1, 0.15) is 5.75 Å². The molecule has 0 saturated carbocycles. The van der Waals surface area contributed by atoms with Crippen LogP contribution in [0.2, 0.25) is 0 Å². The van der Waals surface area contributed by atoms with E-state index in [1.807, 2.05) is 0 Å². The number of fused-ring (bicyclic) bond motifs is 1. The Bertz CT molecular complexity index is 417. The molecule has 19 heavy (non-hydrogen) atoms. The monoisotopic (exact) mass is 281 g/mol. The third-order valence-corrected chi connectivity index (χ3v) is 3.91. The topological polar surface area (TPSA) is 21.3 Å². The van der Waals surface area contributed by atoms with Crippen LogP contribution in [0.1, 0.15) is 31.4 Å². The summed E-state index contributed by atoms with van der Waals surface area (Å²) in [5.41, 5.74) is 3.04. The zero-order valence-electron chi connectivity index (χ0n) is 12.0. The molecule has 0 atom stereocenters. The maximum Gasteiger partial charge on any atom is 0.122 e. The molecule has 0 fully saturated rings. The fourth-order valence-electron chi connectivity index (χ4n) is 2.40. The van der Waals surface area contributed by atoms with Crippen LogP contribution in [-0.2, 0) is 12.8 Å². The summed E-state index contributed by atoms with van der Waals surface area (Å²) in [4.78, 5) is 0. The highest BCUT2D eigenvalue weighted by Crippen LogP contribution is 2.26. The van der Waals surface area contributed by atoms with Crippen molar-refractivity contribution in [3.63, 3.8) is 0 Å². The van der Waals surface area contributed by atoms with E-state index in [4.69, 9.17) is 16.3 Å². The zero-order chi connectivity index (χ0) is 13.7. The molecule has 1 aromatic rings. The number of halogens is 1. The smallest absolute Gasteiger partial charge is 0.122 e. The van der Waals surface area contributed by atoms with Gasteiger partial charge in [-0.25, -0.2) is 0 Å². The Labute approximate surface area is 121 Å². The van der Waals surface area contributed by atoms with Crippen molar-refractivity contribution in [2.75, 3.05) is 25.6 Å². The van der Waals surface area contributed by atoms with E-state index in [2.05, 4.69) is 37.4 Å². The molecule has 1 aromatic carbocycles. The first-order valence-corrected chi connectivity index (χ1v) is 7.65. The summed E-state index contributed by atoms with van der Waals surface area (Å²) < 4.78 is 5.52. The normalized spacial score (nSPS) is 14.3. The maximum atomic E-state index is 5.81. The fourth-order valence-corrected chi connectivity index (χ4v) is 2.91. The molecule has 0 spiro atoms. The van der Waals surface area contributed by atoms with Crippen LogP contribution in [0.4, 0.5) is 0 Å². The Morgan fingerprint density at radius 1 is 1.37 bits per heavy atom. The van der Waals surface area contributed by atoms with Gasteiger partial charge >= 0.3 is 0 Å². The minimum absolute atomic E-state index is 0.285. The Kier molecular flexibility index (Phi) is 5.12. The molecule has 0 aliphatic carbocycles. The third-order valence-electron chi connectivity index (χ3n) is 3.72. The molecule has 0 aromatic heterocycles. The lowest BCUT2D eigenvalue weighted by Crippen LogP contribution is -2.31. The molecular weight excluding hydrogens is 258 g/mol. The van der Waals surface area contributed by atoms with Crippen LogP contribution in [0.5, 0.6) is 5.75 Å². The summed E-state index contributed by atoms with van der Waals surface area (Å²) >= 11 is 5.81. The average molecular weight is 282 g/mol. The van der Waals surface area contributed by atoms with Crippen molar-refractivity contribution in [2.24, 2.45) is 5.41 Å². The Hall–Kier alpha value is -0.730. The van der Waals surface area contributed by atoms with E-state index in [1.165, 1.54) is 11.1 Å². The summed E-state index contributed by atoms with van der Waals surface area (Å²) in [6.45, 7) is 7.40. The van der Waals surface area contributed by atoms with Gasteiger partial charge in [-0.15, -0.1) is 11.6 Å². The van der Waals surface area contributed by atoms with Gasteiger partial charge in [-0.2, -0.15) is 0 Å². The number of hydrogen-bond donors (Lipinski definition) is 1. The number of rotatable bonds is 7. The molecule has 0 bridgehead atoms. The summed E-state index contributed by atoms with van der Waals surface area (Å²) in [6.07, 6.45) is 3.18. The SMILES string of the molecule is CC(C)(CCCl)CNCCc1ccc2c(c1)CCO2. The highest BCUT2D eigenvalue weighted by molar-refractivity contribution is 6.17. The predicted molar refractivity (Wildman–Crippen MR) is 81.3 cm³/mol. The first-order chi connectivity index (χ1) is 9.11. The van der Waals surface area contributed by atoms with Gasteiger partial charge in [-0.3, -0.25) is 0 Å². The van der Waals surface area contributed by atoms with E-state index < -0.39 is 0 Å². The molecule has 3 heteroatoms. The van der Waals surface area contributed by atoms with Crippen molar-refractivity contribution in [3.8, 4) is 5.75 Å². The van der Waals surface area contributed by atoms with Gasteiger partial charge in [0.05, 0.1) is 6.61 Å². The molecule has 0 amide bonds. The van der Waals surface area contributed by atoms with E-state index in [0.717, 1.165) is 50.6 Å². The molecule has 1 aliphatic heterocycles. The van der Waals surface area contributed by atoms with E-state index in [-0.39, 0.29) is 5.41 Å². The quantitative estimate of drug-likeness (QED) is 0.611. The fraction of sp³-hybridized carbons (Fsp3) is 0.625. The van der Waals surface area contributed by atoms with E-state index in [1.54, 1.807) is 0 Å². The van der Waals surface area contributed by atoms with Gasteiger partial charge in [0.15, 0.2) is 0 Å². The van der Waals surface area contributed by atoms with Gasteiger partial charge in [0, 0.05) is 18.8 Å². The van der Waals surface area contributed by atoms with Crippen LogP contribution in [0.25, 0.3) is 0 Å². The van der Waals surface area contributed by atoms with Gasteiger partial charge in [-0.05, 0) is 42.0 Å². The van der Waals surface area contributed by atoms with Crippen molar-refractivity contribution >= 4 is 11.6 Å². The van der Waals surface area contributed by atoms with Crippen LogP contribution < -0.4 is 10.1 Å².